The van der Waals surface area contributed by atoms with Crippen LogP contribution in [0.4, 0.5) is 5.69 Å². The van der Waals surface area contributed by atoms with Gasteiger partial charge in [0.15, 0.2) is 0 Å². The largest absolute Gasteiger partial charge is 0.394 e. The molecule has 4 N–H and O–H groups in total. The summed E-state index contributed by atoms with van der Waals surface area (Å²) < 4.78 is 1.14. The number of nitrogens with two attached hydrogens (primary N) is 1. The molecule has 1 fully saturated rings. The second-order valence-electron chi connectivity index (χ2n) is 4.47. The number of rotatable bonds is 4. The highest BCUT2D eigenvalue weighted by molar-refractivity contribution is 6.32. The van der Waals surface area contributed by atoms with Gasteiger partial charge in [-0.2, -0.15) is 5.10 Å². The number of halogens is 1. The summed E-state index contributed by atoms with van der Waals surface area (Å²) in [5.41, 5.74) is 6.06. The molecule has 18 heavy (non-hydrogen) atoms. The monoisotopic (exact) mass is 272 g/mol. The van der Waals surface area contributed by atoms with E-state index in [1.54, 1.807) is 0 Å². The lowest BCUT2D eigenvalue weighted by atomic mass is 10.2. The van der Waals surface area contributed by atoms with Gasteiger partial charge >= 0.3 is 0 Å². The Balaban J connectivity index is 2.19. The topological polar surface area (TPSA) is 93.2 Å². The molecule has 1 saturated carbocycles. The third kappa shape index (κ3) is 2.66. The molecule has 1 heterocycles. The summed E-state index contributed by atoms with van der Waals surface area (Å²) in [5, 5.41) is 16.0. The van der Waals surface area contributed by atoms with Gasteiger partial charge in [-0.1, -0.05) is 11.6 Å². The van der Waals surface area contributed by atoms with Gasteiger partial charge in [0, 0.05) is 12.1 Å². The predicted octanol–water partition coefficient (Wildman–Crippen LogP) is 0.181. The molecule has 0 aromatic carbocycles. The number of hydrogen-bond acceptors (Lipinski definition) is 5. The maximum atomic E-state index is 11.8. The third-order valence-corrected chi connectivity index (χ3v) is 3.57. The molecular weight excluding hydrogens is 256 g/mol. The van der Waals surface area contributed by atoms with Gasteiger partial charge in [-0.25, -0.2) is 4.68 Å². The lowest BCUT2D eigenvalue weighted by Gasteiger charge is -2.19. The van der Waals surface area contributed by atoms with Crippen LogP contribution in [0, 0.1) is 0 Å². The second-order valence-corrected chi connectivity index (χ2v) is 4.85. The van der Waals surface area contributed by atoms with E-state index >= 15 is 0 Å². The first kappa shape index (κ1) is 13.3. The number of hydrogen-bond donors (Lipinski definition) is 3. The molecule has 1 aromatic heterocycles. The van der Waals surface area contributed by atoms with E-state index in [0.29, 0.717) is 5.69 Å². The Morgan fingerprint density at radius 2 is 2.39 bits per heavy atom. The van der Waals surface area contributed by atoms with Crippen molar-refractivity contribution in [2.24, 2.45) is 5.73 Å². The molecule has 1 aromatic rings. The predicted molar refractivity (Wildman–Crippen MR) is 69.8 cm³/mol. The lowest BCUT2D eigenvalue weighted by Crippen LogP contribution is -2.36. The van der Waals surface area contributed by atoms with Crippen molar-refractivity contribution in [2.45, 2.75) is 37.9 Å². The molecule has 2 atom stereocenters. The molecule has 2 unspecified atom stereocenters. The Labute approximate surface area is 110 Å². The molecule has 1 aliphatic carbocycles. The lowest BCUT2D eigenvalue weighted by molar-refractivity contribution is 0.266. The molecule has 0 spiro atoms. The molecule has 0 bridgehead atoms. The Kier molecular flexibility index (Phi) is 4.21. The van der Waals surface area contributed by atoms with Crippen molar-refractivity contribution in [1.82, 2.24) is 9.78 Å². The maximum Gasteiger partial charge on any atom is 0.287 e. The molecule has 0 saturated heterocycles. The van der Waals surface area contributed by atoms with Crippen LogP contribution < -0.4 is 16.6 Å². The standard InChI is InChI=1S/C11H17ClN4O2/c12-10-9(15-8-3-1-2-7(8)13)6-14-16(4-5-17)11(10)18/h6-8,15,17H,1-5,13H2. The molecule has 0 amide bonds. The van der Waals surface area contributed by atoms with E-state index in [-0.39, 0.29) is 30.3 Å². The van der Waals surface area contributed by atoms with Crippen LogP contribution in [0.15, 0.2) is 11.0 Å². The van der Waals surface area contributed by atoms with Crippen LogP contribution in [-0.4, -0.2) is 33.6 Å². The zero-order valence-electron chi connectivity index (χ0n) is 9.97. The van der Waals surface area contributed by atoms with E-state index in [1.807, 2.05) is 0 Å². The molecule has 2 rings (SSSR count). The van der Waals surface area contributed by atoms with E-state index in [1.165, 1.54) is 6.20 Å². The minimum Gasteiger partial charge on any atom is -0.394 e. The number of aliphatic hydroxyl groups excluding tert-OH is 1. The van der Waals surface area contributed by atoms with Crippen molar-refractivity contribution < 1.29 is 5.11 Å². The van der Waals surface area contributed by atoms with Gasteiger partial charge in [0.2, 0.25) is 0 Å². The first-order valence-electron chi connectivity index (χ1n) is 6.02. The number of anilines is 1. The summed E-state index contributed by atoms with van der Waals surface area (Å²) in [6.07, 6.45) is 4.53. The summed E-state index contributed by atoms with van der Waals surface area (Å²) >= 11 is 6.00. The van der Waals surface area contributed by atoms with Gasteiger partial charge in [-0.15, -0.1) is 0 Å². The quantitative estimate of drug-likeness (QED) is 0.727. The molecular formula is C11H17ClN4O2. The van der Waals surface area contributed by atoms with Gasteiger partial charge in [-0.05, 0) is 19.3 Å². The smallest absolute Gasteiger partial charge is 0.287 e. The van der Waals surface area contributed by atoms with Gasteiger partial charge < -0.3 is 16.2 Å². The molecule has 0 aliphatic heterocycles. The molecule has 100 valence electrons. The normalized spacial score (nSPS) is 23.3. The second kappa shape index (κ2) is 5.69. The zero-order chi connectivity index (χ0) is 13.1. The van der Waals surface area contributed by atoms with Crippen LogP contribution >= 0.6 is 11.6 Å². The van der Waals surface area contributed by atoms with Crippen LogP contribution in [0.3, 0.4) is 0 Å². The number of nitrogens with one attached hydrogen (secondary N) is 1. The van der Waals surface area contributed by atoms with Gasteiger partial charge in [0.05, 0.1) is 25.0 Å². The third-order valence-electron chi connectivity index (χ3n) is 3.21. The summed E-state index contributed by atoms with van der Waals surface area (Å²) in [5.74, 6) is 0. The Morgan fingerprint density at radius 3 is 3.00 bits per heavy atom. The maximum absolute atomic E-state index is 11.8. The fraction of sp³-hybridized carbons (Fsp3) is 0.636. The molecule has 7 heteroatoms. The SMILES string of the molecule is NC1CCCC1Nc1cnn(CCO)c(=O)c1Cl. The minimum absolute atomic E-state index is 0.0842. The van der Waals surface area contributed by atoms with Crippen molar-refractivity contribution in [1.29, 1.82) is 0 Å². The minimum atomic E-state index is -0.401. The van der Waals surface area contributed by atoms with Gasteiger partial charge in [0.25, 0.3) is 5.56 Å². The van der Waals surface area contributed by atoms with Crippen molar-refractivity contribution in [3.05, 3.63) is 21.6 Å². The first-order valence-corrected chi connectivity index (χ1v) is 6.40. The summed E-state index contributed by atoms with van der Waals surface area (Å²) in [4.78, 5) is 11.8. The van der Waals surface area contributed by atoms with E-state index < -0.39 is 5.56 Å². The van der Waals surface area contributed by atoms with E-state index in [4.69, 9.17) is 22.4 Å². The number of aliphatic hydroxyl groups is 1. The van der Waals surface area contributed by atoms with E-state index in [9.17, 15) is 4.79 Å². The Bertz CT molecular complexity index is 477. The van der Waals surface area contributed by atoms with Crippen molar-refractivity contribution in [3.63, 3.8) is 0 Å². The average molecular weight is 273 g/mol. The first-order chi connectivity index (χ1) is 8.63. The fourth-order valence-electron chi connectivity index (χ4n) is 2.19. The summed E-state index contributed by atoms with van der Waals surface area (Å²) in [7, 11) is 0. The highest BCUT2D eigenvalue weighted by Gasteiger charge is 2.24. The van der Waals surface area contributed by atoms with Crippen molar-refractivity contribution >= 4 is 17.3 Å². The highest BCUT2D eigenvalue weighted by atomic mass is 35.5. The average Bonchev–Trinajstić information content (AvgIpc) is 2.75. The van der Waals surface area contributed by atoms with Crippen LogP contribution in [0.25, 0.3) is 0 Å². The van der Waals surface area contributed by atoms with Crippen LogP contribution in [0.1, 0.15) is 19.3 Å². The van der Waals surface area contributed by atoms with E-state index in [0.717, 1.165) is 23.9 Å². The van der Waals surface area contributed by atoms with Gasteiger partial charge in [0.1, 0.15) is 5.02 Å². The molecule has 1 aliphatic rings. The fourth-order valence-corrected chi connectivity index (χ4v) is 2.39. The molecule has 0 radical (unpaired) electrons. The van der Waals surface area contributed by atoms with Crippen molar-refractivity contribution in [3.8, 4) is 0 Å². The Hall–Kier alpha value is -1.11. The van der Waals surface area contributed by atoms with Crippen LogP contribution in [0.5, 0.6) is 0 Å². The van der Waals surface area contributed by atoms with Gasteiger partial charge in [-0.3, -0.25) is 4.79 Å². The Morgan fingerprint density at radius 1 is 1.61 bits per heavy atom. The summed E-state index contributed by atoms with van der Waals surface area (Å²) in [6, 6.07) is 0.221. The zero-order valence-corrected chi connectivity index (χ0v) is 10.7. The van der Waals surface area contributed by atoms with Crippen LogP contribution in [-0.2, 0) is 6.54 Å². The van der Waals surface area contributed by atoms with Crippen molar-refractivity contribution in [2.75, 3.05) is 11.9 Å². The highest BCUT2D eigenvalue weighted by Crippen LogP contribution is 2.24. The van der Waals surface area contributed by atoms with Crippen LogP contribution in [0.2, 0.25) is 5.02 Å². The summed E-state index contributed by atoms with van der Waals surface area (Å²) in [6.45, 7) is -0.00865. The molecule has 6 nitrogen and oxygen atoms in total. The van der Waals surface area contributed by atoms with E-state index in [2.05, 4.69) is 10.4 Å². The number of nitrogens with zero attached hydrogens (tertiary/aromatic N) is 2. The number of aromatic nitrogens is 2.